The molecule has 0 radical (unpaired) electrons. The monoisotopic (exact) mass is 483 g/mol. The maximum atomic E-state index is 6.09. The van der Waals surface area contributed by atoms with Crippen LogP contribution in [0.1, 0.15) is 0 Å². The zero-order valence-electron chi connectivity index (χ0n) is 14.4. The number of rotatable bonds is 4. The standard InChI is InChI=1S/C22H15Br2NO2/c1-26-16-8-9-17-18(14-5-3-2-4-6-14)13-22(25-20(17)12-16)27-21-10-7-15(23)11-19(21)24/h2-13H,1H3. The number of benzene rings is 3. The number of methoxy groups -OCH3 is 1. The summed E-state index contributed by atoms with van der Waals surface area (Å²) in [4.78, 5) is 4.69. The van der Waals surface area contributed by atoms with Crippen molar-refractivity contribution < 1.29 is 9.47 Å². The Bertz CT molecular complexity index is 1110. The fraction of sp³-hybridized carbons (Fsp3) is 0.0455. The van der Waals surface area contributed by atoms with Crippen LogP contribution < -0.4 is 9.47 Å². The summed E-state index contributed by atoms with van der Waals surface area (Å²) in [6.45, 7) is 0. The molecule has 1 heterocycles. The van der Waals surface area contributed by atoms with E-state index in [1.165, 1.54) is 0 Å². The second-order valence-corrected chi connectivity index (χ2v) is 7.70. The molecule has 0 aliphatic rings. The lowest BCUT2D eigenvalue weighted by atomic mass is 10.0. The number of pyridine rings is 1. The van der Waals surface area contributed by atoms with Crippen molar-refractivity contribution in [2.75, 3.05) is 7.11 Å². The van der Waals surface area contributed by atoms with E-state index in [1.54, 1.807) is 7.11 Å². The van der Waals surface area contributed by atoms with Crippen LogP contribution in [0.4, 0.5) is 0 Å². The number of hydrogen-bond donors (Lipinski definition) is 0. The number of hydrogen-bond acceptors (Lipinski definition) is 3. The topological polar surface area (TPSA) is 31.4 Å². The second-order valence-electron chi connectivity index (χ2n) is 5.93. The molecule has 0 unspecified atom stereocenters. The van der Waals surface area contributed by atoms with Crippen molar-refractivity contribution in [1.82, 2.24) is 4.98 Å². The van der Waals surface area contributed by atoms with Gasteiger partial charge in [-0.05, 0) is 57.4 Å². The van der Waals surface area contributed by atoms with E-state index in [2.05, 4.69) is 44.0 Å². The molecular weight excluding hydrogens is 470 g/mol. The largest absolute Gasteiger partial charge is 0.497 e. The molecule has 0 amide bonds. The zero-order chi connectivity index (χ0) is 18.8. The first kappa shape index (κ1) is 18.0. The summed E-state index contributed by atoms with van der Waals surface area (Å²) in [5.74, 6) is 1.99. The molecule has 0 aliphatic heterocycles. The molecule has 3 aromatic carbocycles. The predicted octanol–water partition coefficient (Wildman–Crippen LogP) is 7.23. The number of fused-ring (bicyclic) bond motifs is 1. The molecular formula is C22H15Br2NO2. The van der Waals surface area contributed by atoms with Crippen molar-refractivity contribution in [3.8, 4) is 28.5 Å². The third-order valence-corrected chi connectivity index (χ3v) is 5.30. The number of aromatic nitrogens is 1. The highest BCUT2D eigenvalue weighted by atomic mass is 79.9. The fourth-order valence-corrected chi connectivity index (χ4v) is 4.02. The maximum Gasteiger partial charge on any atom is 0.220 e. The van der Waals surface area contributed by atoms with Gasteiger partial charge in [0.15, 0.2) is 0 Å². The molecule has 5 heteroatoms. The minimum atomic E-state index is 0.526. The minimum Gasteiger partial charge on any atom is -0.497 e. The quantitative estimate of drug-likeness (QED) is 0.306. The summed E-state index contributed by atoms with van der Waals surface area (Å²) in [6, 6.07) is 23.9. The van der Waals surface area contributed by atoms with Crippen LogP contribution in [0.2, 0.25) is 0 Å². The van der Waals surface area contributed by atoms with Crippen LogP contribution in [-0.4, -0.2) is 12.1 Å². The first-order chi connectivity index (χ1) is 13.1. The molecule has 0 fully saturated rings. The van der Waals surface area contributed by atoms with Crippen LogP contribution in [0, 0.1) is 0 Å². The molecule has 0 saturated heterocycles. The van der Waals surface area contributed by atoms with E-state index in [-0.39, 0.29) is 0 Å². The van der Waals surface area contributed by atoms with Crippen molar-refractivity contribution in [2.45, 2.75) is 0 Å². The average Bonchev–Trinajstić information content (AvgIpc) is 2.69. The average molecular weight is 485 g/mol. The zero-order valence-corrected chi connectivity index (χ0v) is 17.6. The highest BCUT2D eigenvalue weighted by Gasteiger charge is 2.12. The highest BCUT2D eigenvalue weighted by Crippen LogP contribution is 2.36. The van der Waals surface area contributed by atoms with E-state index in [9.17, 15) is 0 Å². The normalized spacial score (nSPS) is 10.8. The Morgan fingerprint density at radius 3 is 2.41 bits per heavy atom. The molecule has 4 aromatic rings. The van der Waals surface area contributed by atoms with Crippen molar-refractivity contribution in [2.24, 2.45) is 0 Å². The van der Waals surface area contributed by atoms with Gasteiger partial charge < -0.3 is 9.47 Å². The van der Waals surface area contributed by atoms with Crippen LogP contribution >= 0.6 is 31.9 Å². The van der Waals surface area contributed by atoms with E-state index < -0.39 is 0 Å². The molecule has 0 bridgehead atoms. The third-order valence-electron chi connectivity index (χ3n) is 4.19. The van der Waals surface area contributed by atoms with Gasteiger partial charge in [0.05, 0.1) is 17.1 Å². The minimum absolute atomic E-state index is 0.526. The molecule has 0 spiro atoms. The molecule has 0 N–H and O–H groups in total. The van der Waals surface area contributed by atoms with Crippen molar-refractivity contribution in [3.63, 3.8) is 0 Å². The lowest BCUT2D eigenvalue weighted by Crippen LogP contribution is -1.93. The smallest absolute Gasteiger partial charge is 0.220 e. The van der Waals surface area contributed by atoms with Gasteiger partial charge >= 0.3 is 0 Å². The van der Waals surface area contributed by atoms with Crippen LogP contribution in [0.5, 0.6) is 17.4 Å². The van der Waals surface area contributed by atoms with Crippen molar-refractivity contribution in [3.05, 3.63) is 81.7 Å². The van der Waals surface area contributed by atoms with Gasteiger partial charge in [-0.2, -0.15) is 0 Å². The summed E-state index contributed by atoms with van der Waals surface area (Å²) in [7, 11) is 1.65. The van der Waals surface area contributed by atoms with Gasteiger partial charge in [0.25, 0.3) is 0 Å². The van der Waals surface area contributed by atoms with Crippen LogP contribution in [0.3, 0.4) is 0 Å². The number of halogens is 2. The van der Waals surface area contributed by atoms with Gasteiger partial charge in [0.1, 0.15) is 11.5 Å². The van der Waals surface area contributed by atoms with E-state index in [0.717, 1.165) is 36.7 Å². The van der Waals surface area contributed by atoms with Gasteiger partial charge in [-0.3, -0.25) is 0 Å². The summed E-state index contributed by atoms with van der Waals surface area (Å²) in [5, 5.41) is 1.05. The van der Waals surface area contributed by atoms with Gasteiger partial charge in [0.2, 0.25) is 5.88 Å². The second kappa shape index (κ2) is 7.71. The highest BCUT2D eigenvalue weighted by molar-refractivity contribution is 9.11. The summed E-state index contributed by atoms with van der Waals surface area (Å²) in [6.07, 6.45) is 0. The first-order valence-corrected chi connectivity index (χ1v) is 9.90. The number of ether oxygens (including phenoxy) is 2. The summed E-state index contributed by atoms with van der Waals surface area (Å²) in [5.41, 5.74) is 2.99. The van der Waals surface area contributed by atoms with Crippen LogP contribution in [-0.2, 0) is 0 Å². The van der Waals surface area contributed by atoms with Crippen LogP contribution in [0.25, 0.3) is 22.0 Å². The third kappa shape index (κ3) is 3.84. The lowest BCUT2D eigenvalue weighted by Gasteiger charge is -2.13. The molecule has 0 atom stereocenters. The van der Waals surface area contributed by atoms with Crippen molar-refractivity contribution >= 4 is 42.8 Å². The van der Waals surface area contributed by atoms with E-state index in [1.807, 2.05) is 60.7 Å². The van der Waals surface area contributed by atoms with Crippen molar-refractivity contribution in [1.29, 1.82) is 0 Å². The summed E-state index contributed by atoms with van der Waals surface area (Å²) >= 11 is 7.00. The Morgan fingerprint density at radius 2 is 1.67 bits per heavy atom. The molecule has 1 aromatic heterocycles. The van der Waals surface area contributed by atoms with Crippen LogP contribution in [0.15, 0.2) is 81.7 Å². The molecule has 0 aliphatic carbocycles. The first-order valence-electron chi connectivity index (χ1n) is 8.31. The molecule has 134 valence electrons. The molecule has 4 rings (SSSR count). The van der Waals surface area contributed by atoms with Gasteiger partial charge in [-0.1, -0.05) is 46.3 Å². The Morgan fingerprint density at radius 1 is 0.852 bits per heavy atom. The molecule has 0 saturated carbocycles. The van der Waals surface area contributed by atoms with E-state index in [0.29, 0.717) is 11.6 Å². The van der Waals surface area contributed by atoms with Gasteiger partial charge in [-0.15, -0.1) is 0 Å². The Labute approximate surface area is 174 Å². The Balaban J connectivity index is 1.87. The van der Waals surface area contributed by atoms with Gasteiger partial charge in [-0.25, -0.2) is 4.98 Å². The fourth-order valence-electron chi connectivity index (χ4n) is 2.89. The Kier molecular flexibility index (Phi) is 5.14. The Hall–Kier alpha value is -2.37. The van der Waals surface area contributed by atoms with E-state index in [4.69, 9.17) is 14.5 Å². The van der Waals surface area contributed by atoms with E-state index >= 15 is 0 Å². The molecule has 3 nitrogen and oxygen atoms in total. The molecule has 27 heavy (non-hydrogen) atoms. The lowest BCUT2D eigenvalue weighted by molar-refractivity contribution is 0.415. The SMILES string of the molecule is COc1ccc2c(-c3ccccc3)cc(Oc3ccc(Br)cc3Br)nc2c1. The number of nitrogens with zero attached hydrogens (tertiary/aromatic N) is 1. The summed E-state index contributed by atoms with van der Waals surface area (Å²) < 4.78 is 13.3. The van der Waals surface area contributed by atoms with Gasteiger partial charge in [0, 0.05) is 22.0 Å². The predicted molar refractivity (Wildman–Crippen MR) is 116 cm³/mol. The maximum absolute atomic E-state index is 6.09.